The van der Waals surface area contributed by atoms with Crippen molar-refractivity contribution in [1.29, 1.82) is 0 Å². The highest BCUT2D eigenvalue weighted by molar-refractivity contribution is 5.93. The number of nitrogen functional groups attached to an aromatic ring is 1. The molecule has 0 radical (unpaired) electrons. The number of carbonyl (C=O) groups is 1. The molecule has 0 spiro atoms. The zero-order valence-corrected chi connectivity index (χ0v) is 10.5. The summed E-state index contributed by atoms with van der Waals surface area (Å²) in [6.45, 7) is 1.74. The number of rotatable bonds is 2. The maximum atomic E-state index is 13.0. The van der Waals surface area contributed by atoms with Crippen LogP contribution in [0.25, 0.3) is 11.4 Å². The summed E-state index contributed by atoms with van der Waals surface area (Å²) in [5, 5.41) is 0. The minimum atomic E-state index is -0.597. The first-order valence-corrected chi connectivity index (χ1v) is 5.50. The number of hydrogen-bond acceptors (Lipinski definition) is 5. The van der Waals surface area contributed by atoms with Crippen LogP contribution in [0.3, 0.4) is 0 Å². The van der Waals surface area contributed by atoms with Crippen molar-refractivity contribution in [1.82, 2.24) is 9.97 Å². The minimum Gasteiger partial charge on any atom is -0.465 e. The van der Waals surface area contributed by atoms with Crippen LogP contribution in [0.2, 0.25) is 0 Å². The van der Waals surface area contributed by atoms with Gasteiger partial charge in [0, 0.05) is 11.8 Å². The summed E-state index contributed by atoms with van der Waals surface area (Å²) in [6.07, 6.45) is 1.30. The van der Waals surface area contributed by atoms with E-state index in [-0.39, 0.29) is 17.2 Å². The lowest BCUT2D eigenvalue weighted by Crippen LogP contribution is -2.09. The zero-order chi connectivity index (χ0) is 14.0. The fourth-order valence-corrected chi connectivity index (χ4v) is 1.67. The molecule has 0 aliphatic carbocycles. The van der Waals surface area contributed by atoms with Gasteiger partial charge in [-0.2, -0.15) is 0 Å². The summed E-state index contributed by atoms with van der Waals surface area (Å²) in [4.78, 5) is 19.5. The van der Waals surface area contributed by atoms with Crippen LogP contribution in [0.5, 0.6) is 0 Å². The molecule has 5 nitrogen and oxygen atoms in total. The minimum absolute atomic E-state index is 0.0283. The van der Waals surface area contributed by atoms with Gasteiger partial charge in [-0.05, 0) is 30.7 Å². The van der Waals surface area contributed by atoms with E-state index in [1.165, 1.54) is 25.4 Å². The van der Waals surface area contributed by atoms with E-state index in [9.17, 15) is 9.18 Å². The predicted molar refractivity (Wildman–Crippen MR) is 67.9 cm³/mol. The topological polar surface area (TPSA) is 78.1 Å². The Morgan fingerprint density at radius 2 is 2.16 bits per heavy atom. The number of benzene rings is 1. The van der Waals surface area contributed by atoms with Crippen LogP contribution >= 0.6 is 0 Å². The van der Waals surface area contributed by atoms with Crippen LogP contribution in [0.4, 0.5) is 10.2 Å². The molecule has 0 atom stereocenters. The van der Waals surface area contributed by atoms with E-state index < -0.39 is 5.97 Å². The van der Waals surface area contributed by atoms with Gasteiger partial charge in [0.25, 0.3) is 0 Å². The van der Waals surface area contributed by atoms with Crippen molar-refractivity contribution in [3.05, 3.63) is 41.3 Å². The van der Waals surface area contributed by atoms with E-state index in [0.29, 0.717) is 17.0 Å². The SMILES string of the molecule is COC(=O)c1cnc(-c2ccc(F)cc2C)nc1N. The summed E-state index contributed by atoms with van der Waals surface area (Å²) in [6, 6.07) is 4.26. The van der Waals surface area contributed by atoms with Gasteiger partial charge in [0.1, 0.15) is 17.2 Å². The van der Waals surface area contributed by atoms with Crippen molar-refractivity contribution < 1.29 is 13.9 Å². The van der Waals surface area contributed by atoms with E-state index in [0.717, 1.165) is 0 Å². The lowest BCUT2D eigenvalue weighted by atomic mass is 10.1. The standard InChI is InChI=1S/C13H12FN3O2/c1-7-5-8(14)3-4-9(7)12-16-6-10(11(15)17-12)13(18)19-2/h3-6H,1-2H3,(H2,15,16,17). The second kappa shape index (κ2) is 5.01. The Labute approximate surface area is 109 Å². The lowest BCUT2D eigenvalue weighted by molar-refractivity contribution is 0.0601. The van der Waals surface area contributed by atoms with Crippen molar-refractivity contribution in [3.8, 4) is 11.4 Å². The third-order valence-electron chi connectivity index (χ3n) is 2.65. The Morgan fingerprint density at radius 1 is 1.42 bits per heavy atom. The normalized spacial score (nSPS) is 10.3. The summed E-state index contributed by atoms with van der Waals surface area (Å²) in [7, 11) is 1.25. The summed E-state index contributed by atoms with van der Waals surface area (Å²) in [5.41, 5.74) is 7.13. The number of carbonyl (C=O) groups excluding carboxylic acids is 1. The third kappa shape index (κ3) is 2.52. The van der Waals surface area contributed by atoms with Gasteiger partial charge in [-0.15, -0.1) is 0 Å². The van der Waals surface area contributed by atoms with Crippen molar-refractivity contribution in [2.75, 3.05) is 12.8 Å². The molecule has 0 unspecified atom stereocenters. The van der Waals surface area contributed by atoms with Gasteiger partial charge in [0.15, 0.2) is 5.82 Å². The molecular formula is C13H12FN3O2. The summed E-state index contributed by atoms with van der Waals surface area (Å²) in [5.74, 6) is -0.566. The second-order valence-electron chi connectivity index (χ2n) is 3.94. The number of nitrogens with zero attached hydrogens (tertiary/aromatic N) is 2. The van der Waals surface area contributed by atoms with Gasteiger partial charge < -0.3 is 10.5 Å². The highest BCUT2D eigenvalue weighted by Crippen LogP contribution is 2.22. The van der Waals surface area contributed by atoms with E-state index >= 15 is 0 Å². The average Bonchev–Trinajstić information content (AvgIpc) is 2.37. The Kier molecular flexibility index (Phi) is 3.41. The van der Waals surface area contributed by atoms with E-state index in [2.05, 4.69) is 14.7 Å². The molecule has 6 heteroatoms. The van der Waals surface area contributed by atoms with E-state index in [1.54, 1.807) is 13.0 Å². The summed E-state index contributed by atoms with van der Waals surface area (Å²) >= 11 is 0. The second-order valence-corrected chi connectivity index (χ2v) is 3.94. The zero-order valence-electron chi connectivity index (χ0n) is 10.5. The highest BCUT2D eigenvalue weighted by atomic mass is 19.1. The highest BCUT2D eigenvalue weighted by Gasteiger charge is 2.14. The molecule has 0 aliphatic heterocycles. The van der Waals surface area contributed by atoms with E-state index in [4.69, 9.17) is 5.73 Å². The van der Waals surface area contributed by atoms with Crippen molar-refractivity contribution in [3.63, 3.8) is 0 Å². The third-order valence-corrected chi connectivity index (χ3v) is 2.65. The molecule has 2 aromatic rings. The number of aryl methyl sites for hydroxylation is 1. The Morgan fingerprint density at radius 3 is 2.74 bits per heavy atom. The van der Waals surface area contributed by atoms with Gasteiger partial charge in [0.2, 0.25) is 0 Å². The quantitative estimate of drug-likeness (QED) is 0.836. The first kappa shape index (κ1) is 12.9. The van der Waals surface area contributed by atoms with Crippen LogP contribution in [-0.2, 0) is 4.74 Å². The number of nitrogens with two attached hydrogens (primary N) is 1. The number of hydrogen-bond donors (Lipinski definition) is 1. The van der Waals surface area contributed by atoms with Crippen LogP contribution in [0.1, 0.15) is 15.9 Å². The molecule has 0 saturated heterocycles. The molecule has 0 saturated carbocycles. The Balaban J connectivity index is 2.47. The molecule has 0 aliphatic rings. The van der Waals surface area contributed by atoms with Gasteiger partial charge in [-0.1, -0.05) is 0 Å². The first-order valence-electron chi connectivity index (χ1n) is 5.50. The molecule has 0 fully saturated rings. The number of halogens is 1. The molecular weight excluding hydrogens is 249 g/mol. The van der Waals surface area contributed by atoms with Crippen molar-refractivity contribution in [2.45, 2.75) is 6.92 Å². The Bertz CT molecular complexity index is 644. The van der Waals surface area contributed by atoms with Gasteiger partial charge in [0.05, 0.1) is 7.11 Å². The molecule has 0 bridgehead atoms. The number of ether oxygens (including phenoxy) is 1. The van der Waals surface area contributed by atoms with E-state index in [1.807, 2.05) is 0 Å². The maximum absolute atomic E-state index is 13.0. The first-order chi connectivity index (χ1) is 9.02. The number of methoxy groups -OCH3 is 1. The molecule has 1 heterocycles. The van der Waals surface area contributed by atoms with Crippen LogP contribution < -0.4 is 5.73 Å². The van der Waals surface area contributed by atoms with Crippen LogP contribution in [0, 0.1) is 12.7 Å². The average molecular weight is 261 g/mol. The van der Waals surface area contributed by atoms with Crippen molar-refractivity contribution in [2.24, 2.45) is 0 Å². The molecule has 19 heavy (non-hydrogen) atoms. The molecule has 98 valence electrons. The predicted octanol–water partition coefficient (Wildman–Crippen LogP) is 1.96. The molecule has 1 aromatic carbocycles. The van der Waals surface area contributed by atoms with Gasteiger partial charge in [-0.3, -0.25) is 0 Å². The van der Waals surface area contributed by atoms with Crippen molar-refractivity contribution >= 4 is 11.8 Å². The van der Waals surface area contributed by atoms with Gasteiger partial charge >= 0.3 is 5.97 Å². The van der Waals surface area contributed by atoms with Crippen LogP contribution in [0.15, 0.2) is 24.4 Å². The number of aromatic nitrogens is 2. The summed E-state index contributed by atoms with van der Waals surface area (Å²) < 4.78 is 17.6. The molecule has 0 amide bonds. The molecule has 2 rings (SSSR count). The largest absolute Gasteiger partial charge is 0.465 e. The fraction of sp³-hybridized carbons (Fsp3) is 0.154. The van der Waals surface area contributed by atoms with Crippen LogP contribution in [-0.4, -0.2) is 23.0 Å². The number of esters is 1. The number of anilines is 1. The smallest absolute Gasteiger partial charge is 0.343 e. The molecule has 2 N–H and O–H groups in total. The Hall–Kier alpha value is -2.50. The fourth-order valence-electron chi connectivity index (χ4n) is 1.67. The lowest BCUT2D eigenvalue weighted by Gasteiger charge is -2.07. The molecule has 1 aromatic heterocycles. The van der Waals surface area contributed by atoms with Gasteiger partial charge in [-0.25, -0.2) is 19.2 Å². The monoisotopic (exact) mass is 261 g/mol. The maximum Gasteiger partial charge on any atom is 0.343 e.